The zero-order valence-electron chi connectivity index (χ0n) is 13.8. The SMILES string of the molecule is CCc1cccc2c1N[C@@H](C(=O)OC(C)(C)C)[C@H]1CC=C[C@@H]21. The van der Waals surface area contributed by atoms with Crippen molar-refractivity contribution in [3.8, 4) is 0 Å². The van der Waals surface area contributed by atoms with Crippen LogP contribution in [-0.4, -0.2) is 17.6 Å². The third-order valence-electron chi connectivity index (χ3n) is 4.52. The molecule has 1 N–H and O–H groups in total. The molecular formula is C19H25NO2. The van der Waals surface area contributed by atoms with E-state index in [1.807, 2.05) is 20.8 Å². The third kappa shape index (κ3) is 2.65. The number of benzene rings is 1. The molecule has 0 saturated carbocycles. The first-order valence-electron chi connectivity index (χ1n) is 8.18. The van der Waals surface area contributed by atoms with Gasteiger partial charge in [0, 0.05) is 17.5 Å². The Morgan fingerprint density at radius 2 is 2.14 bits per heavy atom. The van der Waals surface area contributed by atoms with Crippen LogP contribution >= 0.6 is 0 Å². The maximum Gasteiger partial charge on any atom is 0.329 e. The van der Waals surface area contributed by atoms with Crippen LogP contribution in [0.3, 0.4) is 0 Å². The zero-order chi connectivity index (χ0) is 15.9. The van der Waals surface area contributed by atoms with Gasteiger partial charge in [0.15, 0.2) is 0 Å². The number of rotatable bonds is 2. The molecule has 0 fully saturated rings. The van der Waals surface area contributed by atoms with E-state index in [9.17, 15) is 4.79 Å². The Balaban J connectivity index is 1.96. The van der Waals surface area contributed by atoms with Crippen molar-refractivity contribution in [3.63, 3.8) is 0 Å². The molecule has 2 aliphatic rings. The van der Waals surface area contributed by atoms with Crippen molar-refractivity contribution < 1.29 is 9.53 Å². The highest BCUT2D eigenvalue weighted by molar-refractivity contribution is 5.83. The predicted octanol–water partition coefficient (Wildman–Crippen LogP) is 4.04. The molecule has 0 aromatic heterocycles. The van der Waals surface area contributed by atoms with Gasteiger partial charge in [-0.2, -0.15) is 0 Å². The zero-order valence-corrected chi connectivity index (χ0v) is 13.8. The Morgan fingerprint density at radius 1 is 1.36 bits per heavy atom. The number of allylic oxidation sites excluding steroid dienone is 2. The first-order valence-corrected chi connectivity index (χ1v) is 8.18. The largest absolute Gasteiger partial charge is 0.458 e. The number of carbonyl (C=O) groups is 1. The normalized spacial score (nSPS) is 26.1. The van der Waals surface area contributed by atoms with E-state index in [2.05, 4.69) is 42.6 Å². The summed E-state index contributed by atoms with van der Waals surface area (Å²) in [6.07, 6.45) is 6.33. The second-order valence-electron chi connectivity index (χ2n) is 7.24. The summed E-state index contributed by atoms with van der Waals surface area (Å²) in [5.74, 6) is 0.442. The Labute approximate surface area is 132 Å². The molecule has 1 heterocycles. The summed E-state index contributed by atoms with van der Waals surface area (Å²) in [5.41, 5.74) is 3.27. The van der Waals surface area contributed by atoms with E-state index >= 15 is 0 Å². The highest BCUT2D eigenvalue weighted by atomic mass is 16.6. The van der Waals surface area contributed by atoms with Crippen molar-refractivity contribution in [3.05, 3.63) is 41.5 Å². The van der Waals surface area contributed by atoms with Gasteiger partial charge in [0.05, 0.1) is 0 Å². The van der Waals surface area contributed by atoms with Crippen LogP contribution in [-0.2, 0) is 16.0 Å². The van der Waals surface area contributed by atoms with Gasteiger partial charge >= 0.3 is 5.97 Å². The quantitative estimate of drug-likeness (QED) is 0.661. The average Bonchev–Trinajstić information content (AvgIpc) is 2.93. The number of aryl methyl sites for hydroxylation is 1. The summed E-state index contributed by atoms with van der Waals surface area (Å²) in [6, 6.07) is 6.17. The third-order valence-corrected chi connectivity index (χ3v) is 4.52. The number of carbonyl (C=O) groups excluding carboxylic acids is 1. The van der Waals surface area contributed by atoms with Crippen LogP contribution in [0, 0.1) is 5.92 Å². The van der Waals surface area contributed by atoms with E-state index in [4.69, 9.17) is 4.74 Å². The Kier molecular flexibility index (Phi) is 3.75. The molecule has 3 rings (SSSR count). The molecule has 1 aromatic carbocycles. The number of ether oxygens (including phenoxy) is 1. The fraction of sp³-hybridized carbons (Fsp3) is 0.526. The van der Waals surface area contributed by atoms with Crippen molar-refractivity contribution in [2.75, 3.05) is 5.32 Å². The first kappa shape index (κ1) is 15.1. The molecular weight excluding hydrogens is 274 g/mol. The lowest BCUT2D eigenvalue weighted by molar-refractivity contribution is -0.157. The molecule has 3 atom stereocenters. The standard InChI is InChI=1S/C19H25NO2/c1-5-12-8-6-10-14-13-9-7-11-15(13)17(20-16(12)14)18(21)22-19(2,3)4/h6-10,13,15,17,20H,5,11H2,1-4H3/t13-,15-,17+/m0/s1. The molecule has 22 heavy (non-hydrogen) atoms. The lowest BCUT2D eigenvalue weighted by Gasteiger charge is -2.37. The van der Waals surface area contributed by atoms with Crippen LogP contribution in [0.15, 0.2) is 30.4 Å². The van der Waals surface area contributed by atoms with Gasteiger partial charge in [-0.25, -0.2) is 4.79 Å². The molecule has 118 valence electrons. The molecule has 3 heteroatoms. The van der Waals surface area contributed by atoms with E-state index in [1.165, 1.54) is 11.1 Å². The Bertz CT molecular complexity index is 612. The summed E-state index contributed by atoms with van der Waals surface area (Å²) >= 11 is 0. The fourth-order valence-electron chi connectivity index (χ4n) is 3.58. The van der Waals surface area contributed by atoms with E-state index in [0.29, 0.717) is 5.92 Å². The predicted molar refractivity (Wildman–Crippen MR) is 89.1 cm³/mol. The van der Waals surface area contributed by atoms with E-state index in [-0.39, 0.29) is 17.9 Å². The highest BCUT2D eigenvalue weighted by Crippen LogP contribution is 2.46. The molecule has 0 radical (unpaired) electrons. The minimum absolute atomic E-state index is 0.136. The maximum atomic E-state index is 12.7. The van der Waals surface area contributed by atoms with Crippen molar-refractivity contribution in [2.45, 2.75) is 58.1 Å². The summed E-state index contributed by atoms with van der Waals surface area (Å²) in [7, 11) is 0. The van der Waals surface area contributed by atoms with Crippen molar-refractivity contribution in [2.24, 2.45) is 5.92 Å². The number of para-hydroxylation sites is 1. The van der Waals surface area contributed by atoms with Crippen LogP contribution in [0.2, 0.25) is 0 Å². The van der Waals surface area contributed by atoms with Gasteiger partial charge in [0.25, 0.3) is 0 Å². The van der Waals surface area contributed by atoms with Gasteiger partial charge in [0.1, 0.15) is 11.6 Å². The number of anilines is 1. The van der Waals surface area contributed by atoms with Crippen molar-refractivity contribution >= 4 is 11.7 Å². The van der Waals surface area contributed by atoms with Gasteiger partial charge in [-0.05, 0) is 44.7 Å². The number of hydrogen-bond donors (Lipinski definition) is 1. The van der Waals surface area contributed by atoms with Crippen molar-refractivity contribution in [1.29, 1.82) is 0 Å². The molecule has 1 aliphatic carbocycles. The number of esters is 1. The first-order chi connectivity index (χ1) is 10.4. The van der Waals surface area contributed by atoms with Crippen LogP contribution in [0.25, 0.3) is 0 Å². The smallest absolute Gasteiger partial charge is 0.329 e. The maximum absolute atomic E-state index is 12.7. The molecule has 0 bridgehead atoms. The van der Waals surface area contributed by atoms with Crippen LogP contribution in [0.1, 0.15) is 51.2 Å². The van der Waals surface area contributed by atoms with Crippen LogP contribution in [0.5, 0.6) is 0 Å². The second kappa shape index (κ2) is 5.45. The molecule has 0 saturated heterocycles. The number of nitrogens with one attached hydrogen (secondary N) is 1. The monoisotopic (exact) mass is 299 g/mol. The van der Waals surface area contributed by atoms with Gasteiger partial charge in [-0.15, -0.1) is 0 Å². The van der Waals surface area contributed by atoms with Gasteiger partial charge in [-0.1, -0.05) is 37.3 Å². The highest BCUT2D eigenvalue weighted by Gasteiger charge is 2.42. The second-order valence-corrected chi connectivity index (χ2v) is 7.24. The van der Waals surface area contributed by atoms with E-state index in [1.54, 1.807) is 0 Å². The molecule has 3 nitrogen and oxygen atoms in total. The summed E-state index contributed by atoms with van der Waals surface area (Å²) in [6.45, 7) is 7.91. The minimum Gasteiger partial charge on any atom is -0.458 e. The van der Waals surface area contributed by atoms with Crippen LogP contribution < -0.4 is 5.32 Å². The summed E-state index contributed by atoms with van der Waals surface area (Å²) < 4.78 is 5.64. The lowest BCUT2D eigenvalue weighted by Crippen LogP contribution is -2.45. The van der Waals surface area contributed by atoms with Crippen molar-refractivity contribution in [1.82, 2.24) is 0 Å². The number of hydrogen-bond acceptors (Lipinski definition) is 3. The molecule has 1 aliphatic heterocycles. The topological polar surface area (TPSA) is 38.3 Å². The Hall–Kier alpha value is -1.77. The number of fused-ring (bicyclic) bond motifs is 3. The average molecular weight is 299 g/mol. The molecule has 0 unspecified atom stereocenters. The lowest BCUT2D eigenvalue weighted by atomic mass is 9.78. The fourth-order valence-corrected chi connectivity index (χ4v) is 3.58. The summed E-state index contributed by atoms with van der Waals surface area (Å²) in [5, 5.41) is 3.50. The van der Waals surface area contributed by atoms with Gasteiger partial charge < -0.3 is 10.1 Å². The van der Waals surface area contributed by atoms with Gasteiger partial charge in [-0.3, -0.25) is 0 Å². The minimum atomic E-state index is -0.454. The molecule has 0 spiro atoms. The van der Waals surface area contributed by atoms with Gasteiger partial charge in [0.2, 0.25) is 0 Å². The van der Waals surface area contributed by atoms with E-state index < -0.39 is 5.60 Å². The summed E-state index contributed by atoms with van der Waals surface area (Å²) in [4.78, 5) is 12.7. The van der Waals surface area contributed by atoms with E-state index in [0.717, 1.165) is 18.5 Å². The molecule has 1 aromatic rings. The molecule has 0 amide bonds. The van der Waals surface area contributed by atoms with Crippen LogP contribution in [0.4, 0.5) is 5.69 Å². The Morgan fingerprint density at radius 3 is 2.82 bits per heavy atom.